The second-order valence-corrected chi connectivity index (χ2v) is 4.48. The molecule has 0 aromatic carbocycles. The van der Waals surface area contributed by atoms with Gasteiger partial charge >= 0.3 is 0 Å². The fourth-order valence-corrected chi connectivity index (χ4v) is 2.31. The molecule has 1 N–H and O–H groups in total. The predicted molar refractivity (Wildman–Crippen MR) is 61.0 cm³/mol. The van der Waals surface area contributed by atoms with Gasteiger partial charge in [-0.25, -0.2) is 0 Å². The van der Waals surface area contributed by atoms with Gasteiger partial charge in [-0.05, 0) is 25.8 Å². The fraction of sp³-hybridized carbons (Fsp3) is 0.727. The molecule has 6 nitrogen and oxygen atoms in total. The smallest absolute Gasteiger partial charge is 0.240 e. The van der Waals surface area contributed by atoms with Crippen molar-refractivity contribution in [3.63, 3.8) is 0 Å². The second kappa shape index (κ2) is 5.27. The maximum absolute atomic E-state index is 12.3. The van der Waals surface area contributed by atoms with Crippen LogP contribution in [0.2, 0.25) is 0 Å². The molecule has 6 heteroatoms. The number of likely N-dealkylation sites (tertiary alicyclic amines) is 1. The Balaban J connectivity index is 2.08. The van der Waals surface area contributed by atoms with Crippen LogP contribution in [-0.4, -0.2) is 40.6 Å². The quantitative estimate of drug-likeness (QED) is 0.826. The van der Waals surface area contributed by atoms with E-state index >= 15 is 0 Å². The van der Waals surface area contributed by atoms with Crippen LogP contribution in [0, 0.1) is 5.92 Å². The Morgan fingerprint density at radius 2 is 2.47 bits per heavy atom. The molecule has 1 amide bonds. The number of hydrogen-bond acceptors (Lipinski definition) is 5. The molecule has 1 aliphatic heterocycles. The van der Waals surface area contributed by atoms with Gasteiger partial charge in [-0.2, -0.15) is 0 Å². The van der Waals surface area contributed by atoms with Crippen molar-refractivity contribution in [1.29, 1.82) is 0 Å². The molecule has 0 radical (unpaired) electrons. The summed E-state index contributed by atoms with van der Waals surface area (Å²) in [5.41, 5.74) is 0. The lowest BCUT2D eigenvalue weighted by molar-refractivity contribution is -0.134. The van der Waals surface area contributed by atoms with Crippen LogP contribution in [0.15, 0.2) is 10.8 Å². The molecule has 0 aliphatic carbocycles. The number of likely N-dealkylation sites (N-methyl/N-ethyl adjacent to an activating group) is 1. The second-order valence-electron chi connectivity index (χ2n) is 4.48. The minimum absolute atomic E-state index is 0.111. The van der Waals surface area contributed by atoms with Gasteiger partial charge in [0.15, 0.2) is 0 Å². The number of rotatable bonds is 3. The zero-order valence-electron chi connectivity index (χ0n) is 10.2. The highest BCUT2D eigenvalue weighted by molar-refractivity contribution is 5.82. The Morgan fingerprint density at radius 3 is 3.12 bits per heavy atom. The first-order chi connectivity index (χ1) is 8.22. The molecule has 1 aliphatic rings. The largest absolute Gasteiger partial charge is 0.426 e. The van der Waals surface area contributed by atoms with Crippen LogP contribution in [0.25, 0.3) is 0 Å². The maximum atomic E-state index is 12.3. The van der Waals surface area contributed by atoms with Crippen molar-refractivity contribution >= 4 is 5.91 Å². The molecule has 0 spiro atoms. The Labute approximate surface area is 100 Å². The zero-order valence-corrected chi connectivity index (χ0v) is 10.2. The van der Waals surface area contributed by atoms with Crippen molar-refractivity contribution in [2.24, 2.45) is 5.92 Å². The van der Waals surface area contributed by atoms with Crippen LogP contribution in [0.1, 0.15) is 25.7 Å². The summed E-state index contributed by atoms with van der Waals surface area (Å²) < 4.78 is 5.08. The summed E-state index contributed by atoms with van der Waals surface area (Å²) >= 11 is 0. The van der Waals surface area contributed by atoms with Crippen LogP contribution >= 0.6 is 0 Å². The van der Waals surface area contributed by atoms with Crippen LogP contribution in [0.5, 0.6) is 0 Å². The van der Waals surface area contributed by atoms with Crippen molar-refractivity contribution < 1.29 is 9.21 Å². The Hall–Kier alpha value is -1.43. The van der Waals surface area contributed by atoms with Crippen molar-refractivity contribution in [2.45, 2.75) is 32.4 Å². The number of aromatic nitrogens is 2. The lowest BCUT2D eigenvalue weighted by Crippen LogP contribution is -2.46. The molecular weight excluding hydrogens is 220 g/mol. The Kier molecular flexibility index (Phi) is 3.73. The van der Waals surface area contributed by atoms with E-state index < -0.39 is 0 Å². The van der Waals surface area contributed by atoms with Gasteiger partial charge in [0.2, 0.25) is 18.2 Å². The molecule has 2 atom stereocenters. The highest BCUT2D eigenvalue weighted by atomic mass is 16.4. The Bertz CT molecular complexity index is 366. The predicted octanol–water partition coefficient (Wildman–Crippen LogP) is 0.416. The van der Waals surface area contributed by atoms with Crippen LogP contribution in [-0.2, 0) is 11.3 Å². The van der Waals surface area contributed by atoms with Crippen LogP contribution < -0.4 is 5.32 Å². The van der Waals surface area contributed by atoms with Gasteiger partial charge in [0, 0.05) is 6.54 Å². The number of carbonyl (C=O) groups is 1. The zero-order chi connectivity index (χ0) is 12.3. The summed E-state index contributed by atoms with van der Waals surface area (Å²) in [7, 11) is 1.83. The molecule has 0 bridgehead atoms. The van der Waals surface area contributed by atoms with E-state index in [-0.39, 0.29) is 11.9 Å². The molecule has 2 heterocycles. The third-order valence-electron chi connectivity index (χ3n) is 3.28. The normalized spacial score (nSPS) is 26.0. The lowest BCUT2D eigenvalue weighted by atomic mass is 9.98. The minimum atomic E-state index is -0.111. The van der Waals surface area contributed by atoms with Gasteiger partial charge in [0.1, 0.15) is 0 Å². The van der Waals surface area contributed by atoms with E-state index in [4.69, 9.17) is 4.42 Å². The molecule has 17 heavy (non-hydrogen) atoms. The van der Waals surface area contributed by atoms with E-state index in [0.29, 0.717) is 18.4 Å². The van der Waals surface area contributed by atoms with Crippen molar-refractivity contribution in [3.8, 4) is 0 Å². The van der Waals surface area contributed by atoms with Crippen LogP contribution in [0.3, 0.4) is 0 Å². The van der Waals surface area contributed by atoms with Crippen molar-refractivity contribution in [3.05, 3.63) is 12.3 Å². The third-order valence-corrected chi connectivity index (χ3v) is 3.28. The first-order valence-corrected chi connectivity index (χ1v) is 5.93. The van der Waals surface area contributed by atoms with Crippen LogP contribution in [0.4, 0.5) is 0 Å². The van der Waals surface area contributed by atoms with Crippen molar-refractivity contribution in [1.82, 2.24) is 20.4 Å². The maximum Gasteiger partial charge on any atom is 0.240 e. The summed E-state index contributed by atoms with van der Waals surface area (Å²) in [6.45, 7) is 3.27. The highest BCUT2D eigenvalue weighted by Crippen LogP contribution is 2.19. The standard InChI is InChI=1S/C11H18N4O2/c1-8-4-3-5-15(11(16)10(8)12-2)6-9-14-13-7-17-9/h7-8,10,12H,3-6H2,1-2H3. The first kappa shape index (κ1) is 12.0. The number of hydrogen-bond donors (Lipinski definition) is 1. The van der Waals surface area contributed by atoms with Gasteiger partial charge in [0.05, 0.1) is 12.6 Å². The molecule has 94 valence electrons. The summed E-state index contributed by atoms with van der Waals surface area (Å²) in [6, 6.07) is -0.111. The third kappa shape index (κ3) is 2.63. The van der Waals surface area contributed by atoms with Gasteiger partial charge < -0.3 is 14.6 Å². The average Bonchev–Trinajstić information content (AvgIpc) is 2.76. The summed E-state index contributed by atoms with van der Waals surface area (Å²) in [5.74, 6) is 0.971. The lowest BCUT2D eigenvalue weighted by Gasteiger charge is -2.24. The van der Waals surface area contributed by atoms with E-state index in [1.807, 2.05) is 7.05 Å². The molecule has 2 unspecified atom stereocenters. The molecule has 1 aromatic heterocycles. The molecule has 2 rings (SSSR count). The Morgan fingerprint density at radius 1 is 1.65 bits per heavy atom. The molecule has 0 saturated carbocycles. The van der Waals surface area contributed by atoms with E-state index in [1.165, 1.54) is 6.39 Å². The number of carbonyl (C=O) groups excluding carboxylic acids is 1. The minimum Gasteiger partial charge on any atom is -0.426 e. The van der Waals surface area contributed by atoms with Gasteiger partial charge in [-0.3, -0.25) is 4.79 Å². The highest BCUT2D eigenvalue weighted by Gasteiger charge is 2.31. The molecule has 1 saturated heterocycles. The van der Waals surface area contributed by atoms with Crippen molar-refractivity contribution in [2.75, 3.05) is 13.6 Å². The molecule has 1 fully saturated rings. The van der Waals surface area contributed by atoms with E-state index in [2.05, 4.69) is 22.4 Å². The van der Waals surface area contributed by atoms with Gasteiger partial charge in [-0.15, -0.1) is 10.2 Å². The van der Waals surface area contributed by atoms with E-state index in [9.17, 15) is 4.79 Å². The first-order valence-electron chi connectivity index (χ1n) is 5.93. The summed E-state index contributed by atoms with van der Waals surface area (Å²) in [4.78, 5) is 14.1. The SMILES string of the molecule is CNC1C(=O)N(Cc2nnco2)CCCC1C. The van der Waals surface area contributed by atoms with E-state index in [0.717, 1.165) is 19.4 Å². The monoisotopic (exact) mass is 238 g/mol. The summed E-state index contributed by atoms with van der Waals surface area (Å²) in [5, 5.41) is 10.5. The molecular formula is C11H18N4O2. The van der Waals surface area contributed by atoms with Gasteiger partial charge in [-0.1, -0.05) is 6.92 Å². The van der Waals surface area contributed by atoms with Gasteiger partial charge in [0.25, 0.3) is 0 Å². The molecule has 1 aromatic rings. The topological polar surface area (TPSA) is 71.3 Å². The van der Waals surface area contributed by atoms with E-state index in [1.54, 1.807) is 4.90 Å². The average molecular weight is 238 g/mol. The number of nitrogens with zero attached hydrogens (tertiary/aromatic N) is 3. The fourth-order valence-electron chi connectivity index (χ4n) is 2.31. The summed E-state index contributed by atoms with van der Waals surface area (Å²) in [6.07, 6.45) is 3.35. The number of nitrogens with one attached hydrogen (secondary N) is 1. The number of amides is 1.